The number of rotatable bonds is 45. The highest BCUT2D eigenvalue weighted by Gasteiger charge is 2.19. The maximum atomic E-state index is 12.8. The van der Waals surface area contributed by atoms with Crippen molar-refractivity contribution in [2.45, 2.75) is 226 Å². The molecule has 0 bridgehead atoms. The molecule has 0 aliphatic carbocycles. The lowest BCUT2D eigenvalue weighted by Gasteiger charge is -2.18. The minimum Gasteiger partial charge on any atom is -0.462 e. The van der Waals surface area contributed by atoms with Crippen LogP contribution in [0.1, 0.15) is 220 Å². The monoisotopic (exact) mass is 887 g/mol. The summed E-state index contributed by atoms with van der Waals surface area (Å²) in [4.78, 5) is 37.9. The van der Waals surface area contributed by atoms with E-state index in [4.69, 9.17) is 14.2 Å². The van der Waals surface area contributed by atoms with Gasteiger partial charge >= 0.3 is 17.9 Å². The van der Waals surface area contributed by atoms with Crippen molar-refractivity contribution < 1.29 is 28.6 Å². The average Bonchev–Trinajstić information content (AvgIpc) is 3.29. The molecule has 1 atom stereocenters. The summed E-state index contributed by atoms with van der Waals surface area (Å²) in [6.07, 6.45) is 69.4. The lowest BCUT2D eigenvalue weighted by molar-refractivity contribution is -0.167. The Morgan fingerprint density at radius 2 is 0.625 bits per heavy atom. The number of allylic oxidation sites excluding steroid dienone is 18. The third kappa shape index (κ3) is 49.1. The Morgan fingerprint density at radius 3 is 1.02 bits per heavy atom. The van der Waals surface area contributed by atoms with Crippen molar-refractivity contribution in [2.75, 3.05) is 13.2 Å². The molecule has 0 saturated carbocycles. The van der Waals surface area contributed by atoms with Crippen LogP contribution in [-0.2, 0) is 28.6 Å². The van der Waals surface area contributed by atoms with Crippen molar-refractivity contribution in [2.24, 2.45) is 0 Å². The van der Waals surface area contributed by atoms with Gasteiger partial charge in [0.05, 0.1) is 0 Å². The van der Waals surface area contributed by atoms with Crippen LogP contribution in [0.15, 0.2) is 109 Å². The molecule has 0 amide bonds. The molecule has 0 spiro atoms. The zero-order valence-electron chi connectivity index (χ0n) is 41.3. The fraction of sp³-hybridized carbons (Fsp3) is 0.638. The van der Waals surface area contributed by atoms with Crippen LogP contribution in [0.25, 0.3) is 0 Å². The van der Waals surface area contributed by atoms with Crippen molar-refractivity contribution in [1.29, 1.82) is 0 Å². The van der Waals surface area contributed by atoms with Gasteiger partial charge in [0.2, 0.25) is 0 Å². The van der Waals surface area contributed by atoms with Crippen molar-refractivity contribution in [3.63, 3.8) is 0 Å². The quantitative estimate of drug-likeness (QED) is 0.0262. The molecular formula is C58H94O6. The number of hydrogen-bond acceptors (Lipinski definition) is 6. The molecule has 64 heavy (non-hydrogen) atoms. The lowest BCUT2D eigenvalue weighted by atomic mass is 10.0. The second kappa shape index (κ2) is 51.7. The molecule has 0 N–H and O–H groups in total. The molecule has 0 rings (SSSR count). The highest BCUT2D eigenvalue weighted by atomic mass is 16.6. The Bertz CT molecular complexity index is 1340. The zero-order valence-corrected chi connectivity index (χ0v) is 41.3. The van der Waals surface area contributed by atoms with Crippen LogP contribution in [0, 0.1) is 0 Å². The topological polar surface area (TPSA) is 78.9 Å². The van der Waals surface area contributed by atoms with Crippen LogP contribution in [0.3, 0.4) is 0 Å². The van der Waals surface area contributed by atoms with Crippen LogP contribution >= 0.6 is 0 Å². The summed E-state index contributed by atoms with van der Waals surface area (Å²) in [5.41, 5.74) is 0. The van der Waals surface area contributed by atoms with Crippen LogP contribution in [-0.4, -0.2) is 37.2 Å². The van der Waals surface area contributed by atoms with E-state index in [1.165, 1.54) is 83.5 Å². The van der Waals surface area contributed by atoms with Crippen LogP contribution in [0.2, 0.25) is 0 Å². The summed E-state index contributed by atoms with van der Waals surface area (Å²) >= 11 is 0. The van der Waals surface area contributed by atoms with Crippen molar-refractivity contribution >= 4 is 17.9 Å². The Balaban J connectivity index is 4.58. The maximum absolute atomic E-state index is 12.8. The predicted octanol–water partition coefficient (Wildman–Crippen LogP) is 17.1. The second-order valence-electron chi connectivity index (χ2n) is 16.7. The summed E-state index contributed by atoms with van der Waals surface area (Å²) in [5.74, 6) is -1.04. The molecule has 0 aliphatic heterocycles. The van der Waals surface area contributed by atoms with Gasteiger partial charge < -0.3 is 14.2 Å². The molecule has 6 heteroatoms. The smallest absolute Gasteiger partial charge is 0.306 e. The molecule has 0 radical (unpaired) electrons. The van der Waals surface area contributed by atoms with Crippen LogP contribution < -0.4 is 0 Å². The van der Waals surface area contributed by atoms with E-state index >= 15 is 0 Å². The number of unbranched alkanes of at least 4 members (excludes halogenated alkanes) is 16. The number of hydrogen-bond donors (Lipinski definition) is 0. The molecule has 0 aromatic rings. The summed E-state index contributed by atoms with van der Waals surface area (Å²) in [6.45, 7) is 6.38. The first-order valence-corrected chi connectivity index (χ1v) is 25.9. The fourth-order valence-electron chi connectivity index (χ4n) is 6.65. The molecule has 0 saturated heterocycles. The standard InChI is InChI=1S/C58H94O6/c1-4-7-10-13-16-19-22-25-27-29-31-33-36-39-42-45-48-51-57(60)63-54-55(53-62-56(59)50-47-44-41-38-35-24-21-18-15-12-9-6-3)64-58(61)52-49-46-43-40-37-34-32-30-28-26-23-20-17-14-11-8-5-2/h7,10,16-17,19-20,25-28,31-34,39-40,42-43,55H,4-6,8-9,11-15,18,21-24,29-30,35-38,41,44-54H2,1-3H3/b10-7-,19-16-,20-17-,27-25-,28-26-,33-31-,34-32-,42-39-,43-40-/t55-/m0/s1. The molecular weight excluding hydrogens is 793 g/mol. The molecule has 0 aliphatic rings. The third-order valence-corrected chi connectivity index (χ3v) is 10.5. The Morgan fingerprint density at radius 1 is 0.328 bits per heavy atom. The first-order valence-electron chi connectivity index (χ1n) is 25.9. The maximum Gasteiger partial charge on any atom is 0.306 e. The van der Waals surface area contributed by atoms with E-state index in [9.17, 15) is 14.4 Å². The van der Waals surface area contributed by atoms with Crippen LogP contribution in [0.5, 0.6) is 0 Å². The van der Waals surface area contributed by atoms with Crippen LogP contribution in [0.4, 0.5) is 0 Å². The largest absolute Gasteiger partial charge is 0.462 e. The van der Waals surface area contributed by atoms with Gasteiger partial charge in [0.1, 0.15) is 13.2 Å². The van der Waals surface area contributed by atoms with E-state index < -0.39 is 6.10 Å². The molecule has 0 unspecified atom stereocenters. The highest BCUT2D eigenvalue weighted by molar-refractivity contribution is 5.71. The molecule has 0 aromatic carbocycles. The summed E-state index contributed by atoms with van der Waals surface area (Å²) < 4.78 is 16.7. The SMILES string of the molecule is CC/C=C\C/C=C\C/C=C\C/C=C\C/C=C\CCCC(=O)OC[C@H](COC(=O)CCCCCCCCCCCCCC)OC(=O)CCC/C=C\C/C=C\C/C=C\C/C=C\CCCCC. The van der Waals surface area contributed by atoms with E-state index in [2.05, 4.69) is 130 Å². The fourth-order valence-corrected chi connectivity index (χ4v) is 6.65. The third-order valence-electron chi connectivity index (χ3n) is 10.5. The highest BCUT2D eigenvalue weighted by Crippen LogP contribution is 2.13. The Kier molecular flexibility index (Phi) is 48.5. The number of ether oxygens (including phenoxy) is 3. The molecule has 0 fully saturated rings. The van der Waals surface area contributed by atoms with E-state index in [1.54, 1.807) is 0 Å². The molecule has 0 heterocycles. The Hall–Kier alpha value is -3.93. The van der Waals surface area contributed by atoms with Gasteiger partial charge in [-0.25, -0.2) is 0 Å². The second-order valence-corrected chi connectivity index (χ2v) is 16.7. The summed E-state index contributed by atoms with van der Waals surface area (Å²) in [6, 6.07) is 0. The van der Waals surface area contributed by atoms with Crippen molar-refractivity contribution in [1.82, 2.24) is 0 Å². The van der Waals surface area contributed by atoms with Gasteiger partial charge in [-0.1, -0.05) is 214 Å². The van der Waals surface area contributed by atoms with Crippen molar-refractivity contribution in [3.8, 4) is 0 Å². The van der Waals surface area contributed by atoms with Gasteiger partial charge in [0.25, 0.3) is 0 Å². The summed E-state index contributed by atoms with van der Waals surface area (Å²) in [5, 5.41) is 0. The first kappa shape index (κ1) is 60.1. The molecule has 362 valence electrons. The molecule has 0 aromatic heterocycles. The van der Waals surface area contributed by atoms with Gasteiger partial charge in [0, 0.05) is 19.3 Å². The van der Waals surface area contributed by atoms with Gasteiger partial charge in [-0.15, -0.1) is 0 Å². The zero-order chi connectivity index (χ0) is 46.5. The predicted molar refractivity (Wildman–Crippen MR) is 274 cm³/mol. The van der Waals surface area contributed by atoms with E-state index in [-0.39, 0.29) is 44.0 Å². The average molecular weight is 887 g/mol. The normalized spacial score (nSPS) is 13.0. The number of carbonyl (C=O) groups excluding carboxylic acids is 3. The lowest BCUT2D eigenvalue weighted by Crippen LogP contribution is -2.30. The van der Waals surface area contributed by atoms with Gasteiger partial charge in [0.15, 0.2) is 6.10 Å². The first-order chi connectivity index (χ1) is 31.5. The summed E-state index contributed by atoms with van der Waals surface area (Å²) in [7, 11) is 0. The van der Waals surface area contributed by atoms with E-state index in [0.717, 1.165) is 83.5 Å². The van der Waals surface area contributed by atoms with Gasteiger partial charge in [-0.05, 0) is 96.3 Å². The minimum atomic E-state index is -0.829. The van der Waals surface area contributed by atoms with Crippen molar-refractivity contribution in [3.05, 3.63) is 109 Å². The van der Waals surface area contributed by atoms with E-state index in [1.807, 2.05) is 0 Å². The number of carbonyl (C=O) groups is 3. The van der Waals surface area contributed by atoms with Gasteiger partial charge in [-0.2, -0.15) is 0 Å². The number of esters is 3. The van der Waals surface area contributed by atoms with Gasteiger partial charge in [-0.3, -0.25) is 14.4 Å². The Labute approximate surface area is 393 Å². The molecule has 6 nitrogen and oxygen atoms in total. The minimum absolute atomic E-state index is 0.118. The van der Waals surface area contributed by atoms with E-state index in [0.29, 0.717) is 19.3 Å².